The van der Waals surface area contributed by atoms with Gasteiger partial charge in [0.2, 0.25) is 0 Å². The Morgan fingerprint density at radius 3 is 2.08 bits per heavy atom. The van der Waals surface area contributed by atoms with Gasteiger partial charge in [-0.2, -0.15) is 0 Å². The molecule has 2 aromatic rings. The van der Waals surface area contributed by atoms with E-state index in [1.165, 1.54) is 0 Å². The Labute approximate surface area is 174 Å². The fraction of sp³-hybridized carbons (Fsp3) is 0.278. The molecule has 7 heteroatoms. The number of aryl methyl sites for hydroxylation is 2. The van der Waals surface area contributed by atoms with Gasteiger partial charge < -0.3 is 20.3 Å². The van der Waals surface area contributed by atoms with Crippen LogP contribution in [0.4, 0.5) is 0 Å². The maximum Gasteiger partial charge on any atom is 0.320 e. The number of halogens is 2. The number of carboxylic acid groups (broad SMARTS) is 1. The second-order valence-corrected chi connectivity index (χ2v) is 8.05. The number of rotatable bonds is 6. The Morgan fingerprint density at radius 1 is 1.12 bits per heavy atom. The summed E-state index contributed by atoms with van der Waals surface area (Å²) in [5, 5.41) is 8.96. The van der Waals surface area contributed by atoms with Crippen LogP contribution in [-0.4, -0.2) is 24.2 Å². The predicted octanol–water partition coefficient (Wildman–Crippen LogP) is 4.27. The van der Waals surface area contributed by atoms with E-state index >= 15 is 0 Å². The van der Waals surface area contributed by atoms with Crippen LogP contribution in [0.1, 0.15) is 16.7 Å². The largest absolute Gasteiger partial charge is 0.496 e. The van der Waals surface area contributed by atoms with Crippen LogP contribution in [0.2, 0.25) is 0 Å². The van der Waals surface area contributed by atoms with Crippen molar-refractivity contribution in [2.75, 3.05) is 7.11 Å². The fourth-order valence-electron chi connectivity index (χ4n) is 2.58. The lowest BCUT2D eigenvalue weighted by atomic mass is 10.1. The second kappa shape index (κ2) is 8.54. The van der Waals surface area contributed by atoms with Gasteiger partial charge in [0.25, 0.3) is 0 Å². The van der Waals surface area contributed by atoms with Crippen molar-refractivity contribution in [3.05, 3.63) is 48.1 Å². The van der Waals surface area contributed by atoms with Crippen molar-refractivity contribution in [1.82, 2.24) is 0 Å². The third-order valence-corrected chi connectivity index (χ3v) is 5.29. The van der Waals surface area contributed by atoms with E-state index in [4.69, 9.17) is 20.3 Å². The molecule has 0 aliphatic rings. The summed E-state index contributed by atoms with van der Waals surface area (Å²) in [4.78, 5) is 10.9. The van der Waals surface area contributed by atoms with Gasteiger partial charge in [0, 0.05) is 0 Å². The molecule has 0 aliphatic heterocycles. The Bertz CT molecular complexity index is 762. The van der Waals surface area contributed by atoms with Crippen molar-refractivity contribution in [3.8, 4) is 17.2 Å². The number of benzene rings is 2. The molecule has 0 aliphatic carbocycles. The number of ether oxygens (including phenoxy) is 2. The van der Waals surface area contributed by atoms with E-state index in [1.807, 2.05) is 38.1 Å². The van der Waals surface area contributed by atoms with Crippen molar-refractivity contribution in [1.29, 1.82) is 0 Å². The van der Waals surface area contributed by atoms with E-state index in [0.29, 0.717) is 0 Å². The molecule has 0 saturated carbocycles. The van der Waals surface area contributed by atoms with E-state index in [-0.39, 0.29) is 6.42 Å². The van der Waals surface area contributed by atoms with Crippen LogP contribution in [-0.2, 0) is 11.2 Å². The van der Waals surface area contributed by atoms with Gasteiger partial charge in [-0.15, -0.1) is 0 Å². The molecule has 2 rings (SSSR count). The highest BCUT2D eigenvalue weighted by Crippen LogP contribution is 2.36. The summed E-state index contributed by atoms with van der Waals surface area (Å²) in [6.07, 6.45) is 0.280. The number of methoxy groups -OCH3 is 1. The summed E-state index contributed by atoms with van der Waals surface area (Å²) in [5.74, 6) is 1.34. The number of hydrogen-bond acceptors (Lipinski definition) is 4. The molecule has 0 spiro atoms. The van der Waals surface area contributed by atoms with E-state index < -0.39 is 12.0 Å². The zero-order valence-corrected chi connectivity index (χ0v) is 18.4. The molecule has 2 aromatic carbocycles. The zero-order chi connectivity index (χ0) is 18.7. The lowest BCUT2D eigenvalue weighted by molar-refractivity contribution is -0.138. The third-order valence-electron chi connectivity index (χ3n) is 3.69. The Balaban J connectivity index is 2.30. The molecule has 0 amide bonds. The van der Waals surface area contributed by atoms with E-state index in [0.717, 1.165) is 41.1 Å². The summed E-state index contributed by atoms with van der Waals surface area (Å²) >= 11 is 4.38. The van der Waals surface area contributed by atoms with Crippen molar-refractivity contribution in [2.45, 2.75) is 26.3 Å². The van der Waals surface area contributed by atoms with Crippen LogP contribution in [0.5, 0.6) is 17.2 Å². The molecule has 25 heavy (non-hydrogen) atoms. The Kier molecular flexibility index (Phi) is 6.92. The van der Waals surface area contributed by atoms with Crippen molar-refractivity contribution >= 4 is 51.2 Å². The minimum Gasteiger partial charge on any atom is -0.496 e. The lowest BCUT2D eigenvalue weighted by Crippen LogP contribution is -2.32. The lowest BCUT2D eigenvalue weighted by Gasteiger charge is -2.15. The first-order valence-electron chi connectivity index (χ1n) is 7.52. The van der Waals surface area contributed by atoms with Gasteiger partial charge in [-0.05, 0) is 106 Å². The normalized spacial score (nSPS) is 11.9. The van der Waals surface area contributed by atoms with Crippen LogP contribution in [0.15, 0.2) is 24.3 Å². The number of hydrogen-bond donors (Lipinski definition) is 2. The first-order chi connectivity index (χ1) is 11.7. The highest BCUT2D eigenvalue weighted by atomic mass is 127. The Morgan fingerprint density at radius 2 is 1.64 bits per heavy atom. The van der Waals surface area contributed by atoms with Gasteiger partial charge >= 0.3 is 5.97 Å². The highest BCUT2D eigenvalue weighted by Gasteiger charge is 2.16. The molecule has 5 nitrogen and oxygen atoms in total. The van der Waals surface area contributed by atoms with Gasteiger partial charge in [0.15, 0.2) is 5.75 Å². The fourth-order valence-corrected chi connectivity index (χ4v) is 4.70. The molecule has 3 N–H and O–H groups in total. The number of aliphatic carboxylic acids is 1. The maximum atomic E-state index is 10.9. The quantitative estimate of drug-likeness (QED) is 0.511. The molecular weight excluding hydrogens is 548 g/mol. The molecule has 0 fully saturated rings. The maximum absolute atomic E-state index is 10.9. The summed E-state index contributed by atoms with van der Waals surface area (Å²) < 4.78 is 13.3. The van der Waals surface area contributed by atoms with Crippen molar-refractivity contribution in [2.24, 2.45) is 5.73 Å². The average molecular weight is 567 g/mol. The monoisotopic (exact) mass is 567 g/mol. The molecule has 1 unspecified atom stereocenters. The minimum atomic E-state index is -1.01. The molecule has 1 atom stereocenters. The van der Waals surface area contributed by atoms with Crippen LogP contribution >= 0.6 is 45.2 Å². The first kappa shape index (κ1) is 20.2. The molecule has 0 radical (unpaired) electrons. The van der Waals surface area contributed by atoms with Crippen molar-refractivity contribution in [3.63, 3.8) is 0 Å². The molecule has 0 bridgehead atoms. The van der Waals surface area contributed by atoms with E-state index in [2.05, 4.69) is 45.2 Å². The average Bonchev–Trinajstić information content (AvgIpc) is 2.50. The topological polar surface area (TPSA) is 81.8 Å². The molecule has 0 heterocycles. The van der Waals surface area contributed by atoms with Gasteiger partial charge in [0.05, 0.1) is 14.3 Å². The molecule has 0 saturated heterocycles. The smallest absolute Gasteiger partial charge is 0.320 e. The van der Waals surface area contributed by atoms with Gasteiger partial charge in [0.1, 0.15) is 17.5 Å². The zero-order valence-electron chi connectivity index (χ0n) is 14.1. The number of carboxylic acids is 1. The summed E-state index contributed by atoms with van der Waals surface area (Å²) in [6.45, 7) is 3.95. The standard InChI is InChI=1S/C18H19I2NO4/c1-9-4-12(5-10(2)16(9)24-3)25-17-13(19)6-11(7-14(17)20)8-15(21)18(22)23/h4-7,15H,8,21H2,1-3H3,(H,22,23). The molecule has 0 aromatic heterocycles. The molecule has 134 valence electrons. The third kappa shape index (κ3) is 4.98. The number of nitrogens with two attached hydrogens (primary N) is 1. The summed E-state index contributed by atoms with van der Waals surface area (Å²) in [7, 11) is 1.66. The van der Waals surface area contributed by atoms with Crippen LogP contribution in [0, 0.1) is 21.0 Å². The predicted molar refractivity (Wildman–Crippen MR) is 114 cm³/mol. The first-order valence-corrected chi connectivity index (χ1v) is 9.68. The van der Waals surface area contributed by atoms with Gasteiger partial charge in [-0.3, -0.25) is 4.79 Å². The van der Waals surface area contributed by atoms with Gasteiger partial charge in [-0.1, -0.05) is 0 Å². The van der Waals surface area contributed by atoms with Crippen LogP contribution in [0.3, 0.4) is 0 Å². The summed E-state index contributed by atoms with van der Waals surface area (Å²) in [5.41, 5.74) is 8.51. The highest BCUT2D eigenvalue weighted by molar-refractivity contribution is 14.1. The van der Waals surface area contributed by atoms with Crippen molar-refractivity contribution < 1.29 is 19.4 Å². The Hall–Kier alpha value is -1.07. The summed E-state index contributed by atoms with van der Waals surface area (Å²) in [6, 6.07) is 6.78. The number of carbonyl (C=O) groups is 1. The van der Waals surface area contributed by atoms with Crippen LogP contribution in [0.25, 0.3) is 0 Å². The van der Waals surface area contributed by atoms with Gasteiger partial charge in [-0.25, -0.2) is 0 Å². The SMILES string of the molecule is COc1c(C)cc(Oc2c(I)cc(CC(N)C(=O)O)cc2I)cc1C. The van der Waals surface area contributed by atoms with E-state index in [9.17, 15) is 4.79 Å². The second-order valence-electron chi connectivity index (χ2n) is 5.73. The van der Waals surface area contributed by atoms with E-state index in [1.54, 1.807) is 7.11 Å². The van der Waals surface area contributed by atoms with Crippen LogP contribution < -0.4 is 15.2 Å². The molecular formula is C18H19I2NO4. The minimum absolute atomic E-state index is 0.280.